The molecule has 0 saturated heterocycles. The largest absolute Gasteiger partial charge is 0.346 e. The number of aromatic amines is 2. The van der Waals surface area contributed by atoms with Crippen LogP contribution in [-0.4, -0.2) is 21.1 Å². The van der Waals surface area contributed by atoms with E-state index < -0.39 is 5.56 Å². The molecule has 0 fully saturated rings. The summed E-state index contributed by atoms with van der Waals surface area (Å²) in [7, 11) is 0. The maximum Gasteiger partial charge on any atom is 0.266 e. The van der Waals surface area contributed by atoms with Crippen molar-refractivity contribution in [2.75, 3.05) is 0 Å². The lowest BCUT2D eigenvalue weighted by Gasteiger charge is -2.13. The van der Waals surface area contributed by atoms with Gasteiger partial charge in [0.15, 0.2) is 0 Å². The third kappa shape index (κ3) is 3.72. The van der Waals surface area contributed by atoms with E-state index in [0.717, 1.165) is 11.4 Å². The highest BCUT2D eigenvalue weighted by Crippen LogP contribution is 2.20. The summed E-state index contributed by atoms with van der Waals surface area (Å²) in [5, 5.41) is 9.83. The van der Waals surface area contributed by atoms with Crippen molar-refractivity contribution in [3.63, 3.8) is 0 Å². The van der Waals surface area contributed by atoms with Crippen molar-refractivity contribution < 1.29 is 4.79 Å². The molecular formula is C14H17ClN4O2. The molecule has 0 radical (unpaired) electrons. The molecule has 112 valence electrons. The summed E-state index contributed by atoms with van der Waals surface area (Å²) >= 11 is 5.69. The maximum absolute atomic E-state index is 12.0. The first-order valence-corrected chi connectivity index (χ1v) is 6.86. The summed E-state index contributed by atoms with van der Waals surface area (Å²) in [6.45, 7) is 6.51. The minimum absolute atomic E-state index is 0.0146. The summed E-state index contributed by atoms with van der Waals surface area (Å²) in [6.07, 6.45) is 1.33. The van der Waals surface area contributed by atoms with Gasteiger partial charge in [0.1, 0.15) is 5.02 Å². The molecule has 0 aliphatic carbocycles. The molecule has 2 heterocycles. The van der Waals surface area contributed by atoms with Crippen LogP contribution in [0.3, 0.4) is 0 Å². The SMILES string of the molecule is CC(C)(C)c1cc(CNC(=O)c2c[nH]c(=O)c(Cl)c2)[nH]n1. The first-order chi connectivity index (χ1) is 9.77. The maximum atomic E-state index is 12.0. The van der Waals surface area contributed by atoms with Crippen molar-refractivity contribution in [3.8, 4) is 0 Å². The molecule has 1 amide bonds. The van der Waals surface area contributed by atoms with Gasteiger partial charge in [0.2, 0.25) is 0 Å². The minimum atomic E-state index is -0.420. The summed E-state index contributed by atoms with van der Waals surface area (Å²) in [5.41, 5.74) is 1.57. The molecule has 0 saturated carbocycles. The zero-order valence-corrected chi connectivity index (χ0v) is 12.8. The normalized spacial score (nSPS) is 11.4. The first-order valence-electron chi connectivity index (χ1n) is 6.48. The topological polar surface area (TPSA) is 90.6 Å². The molecule has 0 bridgehead atoms. The molecule has 0 aliphatic heterocycles. The van der Waals surface area contributed by atoms with E-state index in [9.17, 15) is 9.59 Å². The van der Waals surface area contributed by atoms with Crippen molar-refractivity contribution in [2.45, 2.75) is 32.7 Å². The molecule has 0 spiro atoms. The van der Waals surface area contributed by atoms with Crippen LogP contribution >= 0.6 is 11.6 Å². The average Bonchev–Trinajstić information content (AvgIpc) is 2.88. The van der Waals surface area contributed by atoms with Crippen molar-refractivity contribution >= 4 is 17.5 Å². The Morgan fingerprint density at radius 2 is 2.10 bits per heavy atom. The van der Waals surface area contributed by atoms with Crippen LogP contribution < -0.4 is 10.9 Å². The van der Waals surface area contributed by atoms with Gasteiger partial charge in [-0.15, -0.1) is 0 Å². The molecule has 2 aromatic rings. The number of carbonyl (C=O) groups is 1. The van der Waals surface area contributed by atoms with Crippen molar-refractivity contribution in [3.05, 3.63) is 50.7 Å². The minimum Gasteiger partial charge on any atom is -0.346 e. The molecule has 21 heavy (non-hydrogen) atoms. The molecule has 7 heteroatoms. The Kier molecular flexibility index (Phi) is 4.18. The van der Waals surface area contributed by atoms with Gasteiger partial charge in [0, 0.05) is 11.6 Å². The van der Waals surface area contributed by atoms with Gasteiger partial charge in [-0.25, -0.2) is 0 Å². The van der Waals surface area contributed by atoms with Crippen molar-refractivity contribution in [1.82, 2.24) is 20.5 Å². The highest BCUT2D eigenvalue weighted by molar-refractivity contribution is 6.30. The van der Waals surface area contributed by atoms with Gasteiger partial charge in [0.25, 0.3) is 11.5 Å². The van der Waals surface area contributed by atoms with E-state index in [1.54, 1.807) is 0 Å². The van der Waals surface area contributed by atoms with E-state index >= 15 is 0 Å². The van der Waals surface area contributed by atoms with Gasteiger partial charge >= 0.3 is 0 Å². The van der Waals surface area contributed by atoms with E-state index in [1.165, 1.54) is 12.3 Å². The smallest absolute Gasteiger partial charge is 0.266 e. The summed E-state index contributed by atoms with van der Waals surface area (Å²) < 4.78 is 0. The van der Waals surface area contributed by atoms with Crippen LogP contribution in [0.2, 0.25) is 5.02 Å². The van der Waals surface area contributed by atoms with Crippen molar-refractivity contribution in [1.29, 1.82) is 0 Å². The van der Waals surface area contributed by atoms with E-state index in [2.05, 4.69) is 41.3 Å². The number of nitrogens with one attached hydrogen (secondary N) is 3. The second kappa shape index (κ2) is 5.73. The van der Waals surface area contributed by atoms with E-state index in [-0.39, 0.29) is 16.3 Å². The van der Waals surface area contributed by atoms with Crippen LogP contribution in [0.4, 0.5) is 0 Å². The van der Waals surface area contributed by atoms with Gasteiger partial charge < -0.3 is 10.3 Å². The van der Waals surface area contributed by atoms with Crippen LogP contribution in [-0.2, 0) is 12.0 Å². The Morgan fingerprint density at radius 1 is 1.38 bits per heavy atom. The van der Waals surface area contributed by atoms with Crippen molar-refractivity contribution in [2.24, 2.45) is 0 Å². The summed E-state index contributed by atoms with van der Waals surface area (Å²) in [5.74, 6) is -0.319. The standard InChI is InChI=1S/C14H17ClN4O2/c1-14(2,3)11-5-9(18-19-11)7-17-12(20)8-4-10(15)13(21)16-6-8/h4-6H,7H2,1-3H3,(H,16,21)(H,17,20)(H,18,19). The Bertz CT molecular complexity index is 712. The van der Waals surface area contributed by atoms with Crippen LogP contribution in [0.1, 0.15) is 42.5 Å². The van der Waals surface area contributed by atoms with Crippen LogP contribution in [0.15, 0.2) is 23.1 Å². The highest BCUT2D eigenvalue weighted by Gasteiger charge is 2.17. The van der Waals surface area contributed by atoms with Gasteiger partial charge in [-0.3, -0.25) is 14.7 Å². The van der Waals surface area contributed by atoms with Gasteiger partial charge in [-0.1, -0.05) is 32.4 Å². The van der Waals surface area contributed by atoms with E-state index in [1.807, 2.05) is 6.07 Å². The highest BCUT2D eigenvalue weighted by atomic mass is 35.5. The van der Waals surface area contributed by atoms with Crippen LogP contribution in [0.5, 0.6) is 0 Å². The lowest BCUT2D eigenvalue weighted by Crippen LogP contribution is -2.24. The third-order valence-electron chi connectivity index (χ3n) is 2.96. The summed E-state index contributed by atoms with van der Waals surface area (Å²) in [4.78, 5) is 25.5. The number of carbonyl (C=O) groups excluding carboxylic acids is 1. The molecule has 0 aromatic carbocycles. The Morgan fingerprint density at radius 3 is 2.67 bits per heavy atom. The third-order valence-corrected chi connectivity index (χ3v) is 3.24. The number of aromatic nitrogens is 3. The zero-order valence-electron chi connectivity index (χ0n) is 12.1. The lowest BCUT2D eigenvalue weighted by atomic mass is 9.92. The number of hydrogen-bond donors (Lipinski definition) is 3. The molecule has 3 N–H and O–H groups in total. The fourth-order valence-electron chi connectivity index (χ4n) is 1.70. The monoisotopic (exact) mass is 308 g/mol. The molecule has 0 aliphatic rings. The predicted molar refractivity (Wildman–Crippen MR) is 80.5 cm³/mol. The Balaban J connectivity index is 2.02. The van der Waals surface area contributed by atoms with Gasteiger partial charge in [0.05, 0.1) is 23.5 Å². The first kappa shape index (κ1) is 15.3. The number of nitrogens with zero attached hydrogens (tertiary/aromatic N) is 1. The predicted octanol–water partition coefficient (Wildman–Crippen LogP) is 1.98. The number of pyridine rings is 1. The Labute approximate surface area is 126 Å². The number of hydrogen-bond acceptors (Lipinski definition) is 3. The second-order valence-corrected chi connectivity index (χ2v) is 6.18. The zero-order chi connectivity index (χ0) is 15.6. The van der Waals surface area contributed by atoms with Gasteiger partial charge in [-0.2, -0.15) is 5.10 Å². The number of rotatable bonds is 3. The number of H-pyrrole nitrogens is 2. The summed E-state index contributed by atoms with van der Waals surface area (Å²) in [6, 6.07) is 3.25. The molecule has 2 rings (SSSR count). The van der Waals surface area contributed by atoms with Crippen LogP contribution in [0, 0.1) is 0 Å². The quantitative estimate of drug-likeness (QED) is 0.809. The second-order valence-electron chi connectivity index (χ2n) is 5.78. The fourth-order valence-corrected chi connectivity index (χ4v) is 1.87. The number of amides is 1. The van der Waals surface area contributed by atoms with E-state index in [0.29, 0.717) is 12.1 Å². The molecule has 2 aromatic heterocycles. The lowest BCUT2D eigenvalue weighted by molar-refractivity contribution is 0.0950. The Hall–Kier alpha value is -2.08. The molecule has 0 unspecified atom stereocenters. The number of halogens is 1. The van der Waals surface area contributed by atoms with Crippen LogP contribution in [0.25, 0.3) is 0 Å². The fraction of sp³-hybridized carbons (Fsp3) is 0.357. The molecule has 6 nitrogen and oxygen atoms in total. The van der Waals surface area contributed by atoms with Gasteiger partial charge in [-0.05, 0) is 12.1 Å². The molecular weight excluding hydrogens is 292 g/mol. The molecule has 0 atom stereocenters. The van der Waals surface area contributed by atoms with E-state index in [4.69, 9.17) is 11.6 Å². The average molecular weight is 309 g/mol.